The van der Waals surface area contributed by atoms with Gasteiger partial charge < -0.3 is 0 Å². The molecule has 1 aromatic rings. The molecule has 2 heteroatoms. The van der Waals surface area contributed by atoms with Crippen LogP contribution in [-0.4, -0.2) is 12.0 Å². The first-order chi connectivity index (χ1) is 6.77. The van der Waals surface area contributed by atoms with E-state index in [2.05, 4.69) is 24.5 Å². The summed E-state index contributed by atoms with van der Waals surface area (Å²) >= 11 is 4.08. The van der Waals surface area contributed by atoms with Crippen LogP contribution < -0.4 is 0 Å². The van der Waals surface area contributed by atoms with Crippen molar-refractivity contribution in [3.8, 4) is 11.8 Å². The maximum atomic E-state index is 10.5. The molecule has 0 N–H and O–H groups in total. The Bertz CT molecular complexity index is 385. The van der Waals surface area contributed by atoms with Crippen LogP contribution in [0.3, 0.4) is 0 Å². The smallest absolute Gasteiger partial charge is 0.150 e. The molecular formula is C12H12OS. The summed E-state index contributed by atoms with van der Waals surface area (Å²) in [6.45, 7) is 1.96. The number of carbonyl (C=O) groups excluding carboxylic acids is 1. The van der Waals surface area contributed by atoms with Crippen molar-refractivity contribution in [3.63, 3.8) is 0 Å². The van der Waals surface area contributed by atoms with Gasteiger partial charge in [0, 0.05) is 23.3 Å². The fraction of sp³-hybridized carbons (Fsp3) is 0.250. The van der Waals surface area contributed by atoms with Crippen LogP contribution in [-0.2, 0) is 0 Å². The maximum absolute atomic E-state index is 10.5. The molecule has 0 radical (unpaired) electrons. The lowest BCUT2D eigenvalue weighted by Gasteiger charge is -1.97. The van der Waals surface area contributed by atoms with E-state index < -0.39 is 0 Å². The predicted molar refractivity (Wildman–Crippen MR) is 61.9 cm³/mol. The highest BCUT2D eigenvalue weighted by Crippen LogP contribution is 2.08. The minimum absolute atomic E-state index is 0.697. The van der Waals surface area contributed by atoms with Gasteiger partial charge in [-0.25, -0.2) is 0 Å². The van der Waals surface area contributed by atoms with Crippen molar-refractivity contribution in [1.82, 2.24) is 0 Å². The first-order valence-corrected chi connectivity index (χ1v) is 5.06. The molecule has 0 saturated carbocycles. The lowest BCUT2D eigenvalue weighted by Crippen LogP contribution is -1.86. The number of hydrogen-bond acceptors (Lipinski definition) is 2. The van der Waals surface area contributed by atoms with E-state index in [9.17, 15) is 4.79 Å². The standard InChI is InChI=1S/C12H12OS/c1-10-8-11(9-13)5-6-12(10)4-2-3-7-14/h5-6,8-9,14H,3,7H2,1H3. The van der Waals surface area contributed by atoms with Crippen LogP contribution >= 0.6 is 12.6 Å². The van der Waals surface area contributed by atoms with Gasteiger partial charge in [-0.05, 0) is 24.6 Å². The van der Waals surface area contributed by atoms with Crippen LogP contribution in [0.5, 0.6) is 0 Å². The van der Waals surface area contributed by atoms with E-state index >= 15 is 0 Å². The topological polar surface area (TPSA) is 17.1 Å². The molecule has 72 valence electrons. The molecule has 0 saturated heterocycles. The van der Waals surface area contributed by atoms with Crippen molar-refractivity contribution < 1.29 is 4.79 Å². The molecule has 1 nitrogen and oxygen atoms in total. The Labute approximate surface area is 89.9 Å². The third kappa shape index (κ3) is 2.93. The maximum Gasteiger partial charge on any atom is 0.150 e. The van der Waals surface area contributed by atoms with Crippen LogP contribution in [0, 0.1) is 18.8 Å². The molecule has 0 aliphatic heterocycles. The Morgan fingerprint density at radius 3 is 2.86 bits per heavy atom. The Balaban J connectivity index is 2.90. The molecule has 0 aliphatic carbocycles. The van der Waals surface area contributed by atoms with Gasteiger partial charge in [0.1, 0.15) is 6.29 Å². The number of aryl methyl sites for hydroxylation is 1. The number of aldehydes is 1. The van der Waals surface area contributed by atoms with Gasteiger partial charge in [-0.2, -0.15) is 12.6 Å². The zero-order valence-corrected chi connectivity index (χ0v) is 8.97. The summed E-state index contributed by atoms with van der Waals surface area (Å²) in [6, 6.07) is 5.51. The van der Waals surface area contributed by atoms with E-state index in [4.69, 9.17) is 0 Å². The third-order valence-corrected chi connectivity index (χ3v) is 2.07. The Morgan fingerprint density at radius 1 is 1.50 bits per heavy atom. The zero-order chi connectivity index (χ0) is 10.4. The van der Waals surface area contributed by atoms with E-state index in [1.807, 2.05) is 19.1 Å². The second kappa shape index (κ2) is 5.51. The summed E-state index contributed by atoms with van der Waals surface area (Å²) in [4.78, 5) is 10.5. The van der Waals surface area contributed by atoms with Crippen LogP contribution in [0.4, 0.5) is 0 Å². The van der Waals surface area contributed by atoms with Crippen LogP contribution in [0.1, 0.15) is 27.9 Å². The average molecular weight is 204 g/mol. The van der Waals surface area contributed by atoms with Crippen molar-refractivity contribution in [1.29, 1.82) is 0 Å². The van der Waals surface area contributed by atoms with Gasteiger partial charge in [0.15, 0.2) is 0 Å². The van der Waals surface area contributed by atoms with Gasteiger partial charge in [0.25, 0.3) is 0 Å². The van der Waals surface area contributed by atoms with E-state index in [0.29, 0.717) is 5.56 Å². The molecule has 0 heterocycles. The lowest BCUT2D eigenvalue weighted by atomic mass is 10.1. The lowest BCUT2D eigenvalue weighted by molar-refractivity contribution is 0.112. The van der Waals surface area contributed by atoms with Gasteiger partial charge in [0.05, 0.1) is 0 Å². The number of thiol groups is 1. The van der Waals surface area contributed by atoms with E-state index in [1.54, 1.807) is 6.07 Å². The molecule has 14 heavy (non-hydrogen) atoms. The van der Waals surface area contributed by atoms with Crippen molar-refractivity contribution >= 4 is 18.9 Å². The second-order valence-electron chi connectivity index (χ2n) is 2.97. The fourth-order valence-electron chi connectivity index (χ4n) is 1.11. The molecule has 0 fully saturated rings. The highest BCUT2D eigenvalue weighted by Gasteiger charge is 1.95. The number of benzene rings is 1. The van der Waals surface area contributed by atoms with Crippen molar-refractivity contribution in [2.45, 2.75) is 13.3 Å². The highest BCUT2D eigenvalue weighted by atomic mass is 32.1. The Hall–Kier alpha value is -1.20. The van der Waals surface area contributed by atoms with Gasteiger partial charge in [-0.1, -0.05) is 17.9 Å². The first kappa shape index (κ1) is 10.9. The largest absolute Gasteiger partial charge is 0.298 e. The molecule has 0 aromatic heterocycles. The molecule has 0 atom stereocenters. The Morgan fingerprint density at radius 2 is 2.29 bits per heavy atom. The molecule has 0 aliphatic rings. The minimum Gasteiger partial charge on any atom is -0.298 e. The average Bonchev–Trinajstić information content (AvgIpc) is 2.20. The van der Waals surface area contributed by atoms with Crippen LogP contribution in [0.15, 0.2) is 18.2 Å². The summed E-state index contributed by atoms with van der Waals surface area (Å²) in [5.41, 5.74) is 2.72. The number of hydrogen-bond donors (Lipinski definition) is 1. The van der Waals surface area contributed by atoms with Crippen LogP contribution in [0.2, 0.25) is 0 Å². The van der Waals surface area contributed by atoms with Crippen LogP contribution in [0.25, 0.3) is 0 Å². The molecular weight excluding hydrogens is 192 g/mol. The Kier molecular flexibility index (Phi) is 4.28. The minimum atomic E-state index is 0.697. The first-order valence-electron chi connectivity index (χ1n) is 4.43. The van der Waals surface area contributed by atoms with Crippen molar-refractivity contribution in [2.24, 2.45) is 0 Å². The van der Waals surface area contributed by atoms with E-state index in [-0.39, 0.29) is 0 Å². The second-order valence-corrected chi connectivity index (χ2v) is 3.41. The fourth-order valence-corrected chi connectivity index (χ4v) is 1.23. The summed E-state index contributed by atoms with van der Waals surface area (Å²) in [5.74, 6) is 6.84. The summed E-state index contributed by atoms with van der Waals surface area (Å²) < 4.78 is 0. The molecule has 0 bridgehead atoms. The predicted octanol–water partition coefficient (Wildman–Crippen LogP) is 2.48. The number of rotatable bonds is 2. The molecule has 0 unspecified atom stereocenters. The van der Waals surface area contributed by atoms with Crippen molar-refractivity contribution in [2.75, 3.05) is 5.75 Å². The SMILES string of the molecule is Cc1cc(C=O)ccc1C#CCCS. The van der Waals surface area contributed by atoms with Crippen molar-refractivity contribution in [3.05, 3.63) is 34.9 Å². The molecule has 1 aromatic carbocycles. The molecule has 0 amide bonds. The summed E-state index contributed by atoms with van der Waals surface area (Å²) in [5, 5.41) is 0. The third-order valence-electron chi connectivity index (χ3n) is 1.85. The quantitative estimate of drug-likeness (QED) is 0.445. The summed E-state index contributed by atoms with van der Waals surface area (Å²) in [6.07, 6.45) is 1.63. The molecule has 0 spiro atoms. The summed E-state index contributed by atoms with van der Waals surface area (Å²) in [7, 11) is 0. The highest BCUT2D eigenvalue weighted by molar-refractivity contribution is 7.80. The molecule has 1 rings (SSSR count). The van der Waals surface area contributed by atoms with Gasteiger partial charge in [-0.15, -0.1) is 0 Å². The number of carbonyl (C=O) groups is 1. The zero-order valence-electron chi connectivity index (χ0n) is 8.08. The monoisotopic (exact) mass is 204 g/mol. The van der Waals surface area contributed by atoms with E-state index in [1.165, 1.54) is 0 Å². The normalized spacial score (nSPS) is 9.00. The van der Waals surface area contributed by atoms with Gasteiger partial charge >= 0.3 is 0 Å². The van der Waals surface area contributed by atoms with Gasteiger partial charge in [0.2, 0.25) is 0 Å². The van der Waals surface area contributed by atoms with E-state index in [0.717, 1.165) is 29.6 Å². The van der Waals surface area contributed by atoms with Gasteiger partial charge in [-0.3, -0.25) is 4.79 Å².